The van der Waals surface area contributed by atoms with Crippen LogP contribution in [0.1, 0.15) is 72.6 Å². The Morgan fingerprint density at radius 2 is 1.95 bits per heavy atom. The summed E-state index contributed by atoms with van der Waals surface area (Å²) in [6.45, 7) is 12.0. The van der Waals surface area contributed by atoms with E-state index in [4.69, 9.17) is 0 Å². The van der Waals surface area contributed by atoms with Crippen LogP contribution in [-0.4, -0.2) is 36.1 Å². The molecule has 0 aromatic carbocycles. The summed E-state index contributed by atoms with van der Waals surface area (Å²) in [5.74, 6) is 0. The first kappa shape index (κ1) is 15.3. The molecule has 0 spiro atoms. The number of nitrogens with one attached hydrogen (secondary N) is 1. The van der Waals surface area contributed by atoms with Gasteiger partial charge < -0.3 is 5.32 Å². The molecular formula is C17H34N2. The van der Waals surface area contributed by atoms with Gasteiger partial charge in [0.05, 0.1) is 0 Å². The maximum absolute atomic E-state index is 3.85. The lowest BCUT2D eigenvalue weighted by molar-refractivity contribution is 0.249. The van der Waals surface area contributed by atoms with Gasteiger partial charge in [0.2, 0.25) is 0 Å². The molecule has 2 atom stereocenters. The van der Waals surface area contributed by atoms with E-state index in [9.17, 15) is 0 Å². The van der Waals surface area contributed by atoms with Gasteiger partial charge in [0.1, 0.15) is 0 Å². The molecule has 2 heteroatoms. The predicted molar refractivity (Wildman–Crippen MR) is 83.5 cm³/mol. The van der Waals surface area contributed by atoms with Crippen molar-refractivity contribution in [2.75, 3.05) is 13.1 Å². The molecule has 1 saturated heterocycles. The molecule has 2 rings (SSSR count). The van der Waals surface area contributed by atoms with Crippen molar-refractivity contribution in [2.45, 2.75) is 90.8 Å². The minimum Gasteiger partial charge on any atom is -0.312 e. The van der Waals surface area contributed by atoms with Gasteiger partial charge in [-0.25, -0.2) is 0 Å². The first-order valence-corrected chi connectivity index (χ1v) is 8.51. The molecule has 19 heavy (non-hydrogen) atoms. The Bertz CT molecular complexity index is 270. The lowest BCUT2D eigenvalue weighted by atomic mass is 9.86. The molecule has 2 nitrogen and oxygen atoms in total. The molecule has 2 fully saturated rings. The van der Waals surface area contributed by atoms with Crippen LogP contribution in [0.4, 0.5) is 0 Å². The van der Waals surface area contributed by atoms with Gasteiger partial charge in [0.15, 0.2) is 0 Å². The first-order chi connectivity index (χ1) is 9.02. The molecule has 2 aliphatic rings. The molecule has 1 N–H and O–H groups in total. The number of hydrogen-bond donors (Lipinski definition) is 1. The van der Waals surface area contributed by atoms with Crippen molar-refractivity contribution in [3.05, 3.63) is 0 Å². The molecule has 0 aromatic rings. The average molecular weight is 266 g/mol. The molecule has 0 aromatic heterocycles. The summed E-state index contributed by atoms with van der Waals surface area (Å²) in [5, 5.41) is 3.85. The minimum absolute atomic E-state index is 0.464. The maximum Gasteiger partial charge on any atom is 0.0210 e. The molecule has 0 amide bonds. The Balaban J connectivity index is 1.67. The third-order valence-electron chi connectivity index (χ3n) is 4.97. The lowest BCUT2D eigenvalue weighted by Gasteiger charge is -2.27. The molecule has 1 aliphatic heterocycles. The van der Waals surface area contributed by atoms with Crippen molar-refractivity contribution in [1.82, 2.24) is 10.2 Å². The van der Waals surface area contributed by atoms with Crippen molar-refractivity contribution in [2.24, 2.45) is 5.41 Å². The Morgan fingerprint density at radius 1 is 1.21 bits per heavy atom. The van der Waals surface area contributed by atoms with Crippen LogP contribution in [0.3, 0.4) is 0 Å². The van der Waals surface area contributed by atoms with Crippen molar-refractivity contribution in [3.63, 3.8) is 0 Å². The summed E-state index contributed by atoms with van der Waals surface area (Å²) in [7, 11) is 0. The van der Waals surface area contributed by atoms with Crippen LogP contribution in [0.5, 0.6) is 0 Å². The molecule has 112 valence electrons. The van der Waals surface area contributed by atoms with E-state index in [1.54, 1.807) is 0 Å². The van der Waals surface area contributed by atoms with Crippen molar-refractivity contribution in [1.29, 1.82) is 0 Å². The predicted octanol–water partition coefficient (Wildman–Crippen LogP) is 3.81. The number of hydrogen-bond acceptors (Lipinski definition) is 2. The first-order valence-electron chi connectivity index (χ1n) is 8.51. The highest BCUT2D eigenvalue weighted by Gasteiger charge is 2.38. The zero-order valence-corrected chi connectivity index (χ0v) is 13.5. The van der Waals surface area contributed by atoms with E-state index >= 15 is 0 Å². The van der Waals surface area contributed by atoms with E-state index < -0.39 is 0 Å². The van der Waals surface area contributed by atoms with Crippen molar-refractivity contribution < 1.29 is 0 Å². The Hall–Kier alpha value is -0.0800. The Morgan fingerprint density at radius 3 is 2.58 bits per heavy atom. The zero-order chi connectivity index (χ0) is 13.9. The zero-order valence-electron chi connectivity index (χ0n) is 13.5. The highest BCUT2D eigenvalue weighted by molar-refractivity contribution is 4.96. The fourth-order valence-electron chi connectivity index (χ4n) is 3.48. The van der Waals surface area contributed by atoms with Gasteiger partial charge in [-0.05, 0) is 38.0 Å². The monoisotopic (exact) mass is 266 g/mol. The van der Waals surface area contributed by atoms with Crippen molar-refractivity contribution >= 4 is 0 Å². The summed E-state index contributed by atoms with van der Waals surface area (Å²) in [5.41, 5.74) is 0.464. The summed E-state index contributed by atoms with van der Waals surface area (Å²) in [4.78, 5) is 2.74. The number of unbranched alkanes of at least 4 members (excludes halogenated alkanes) is 2. The minimum atomic E-state index is 0.464. The van der Waals surface area contributed by atoms with Crippen LogP contribution in [-0.2, 0) is 0 Å². The third-order valence-corrected chi connectivity index (χ3v) is 4.97. The molecule has 0 bridgehead atoms. The van der Waals surface area contributed by atoms with Crippen LogP contribution < -0.4 is 5.32 Å². The molecular weight excluding hydrogens is 232 g/mol. The largest absolute Gasteiger partial charge is 0.312 e. The number of rotatable bonds is 8. The highest BCUT2D eigenvalue weighted by Crippen LogP contribution is 2.33. The summed E-state index contributed by atoms with van der Waals surface area (Å²) >= 11 is 0. The summed E-state index contributed by atoms with van der Waals surface area (Å²) in [6, 6.07) is 2.47. The van der Waals surface area contributed by atoms with E-state index in [1.807, 2.05) is 0 Å². The Kier molecular flexibility index (Phi) is 5.30. The van der Waals surface area contributed by atoms with Crippen LogP contribution >= 0.6 is 0 Å². The van der Waals surface area contributed by atoms with E-state index in [-0.39, 0.29) is 0 Å². The second kappa shape index (κ2) is 6.58. The maximum atomic E-state index is 3.85. The van der Waals surface area contributed by atoms with Gasteiger partial charge >= 0.3 is 0 Å². The number of likely N-dealkylation sites (tertiary alicyclic amines) is 1. The highest BCUT2D eigenvalue weighted by atomic mass is 15.3. The standard InChI is InChI=1S/C17H34N2/c1-5-6-7-10-17(3,4)13-18-15-11-14(2)19(12-15)16-8-9-16/h14-16,18H,5-13H2,1-4H3. The van der Waals surface area contributed by atoms with Gasteiger partial charge in [0.25, 0.3) is 0 Å². The van der Waals surface area contributed by atoms with Gasteiger partial charge in [-0.15, -0.1) is 0 Å². The molecule has 2 unspecified atom stereocenters. The van der Waals surface area contributed by atoms with Crippen LogP contribution in [0, 0.1) is 5.41 Å². The second-order valence-electron chi connectivity index (χ2n) is 7.71. The van der Waals surface area contributed by atoms with Crippen LogP contribution in [0.25, 0.3) is 0 Å². The fraction of sp³-hybridized carbons (Fsp3) is 1.00. The van der Waals surface area contributed by atoms with Gasteiger partial charge in [-0.2, -0.15) is 0 Å². The van der Waals surface area contributed by atoms with E-state index in [2.05, 4.69) is 37.9 Å². The van der Waals surface area contributed by atoms with E-state index in [0.717, 1.165) is 18.1 Å². The average Bonchev–Trinajstić information content (AvgIpc) is 3.11. The number of nitrogens with zero attached hydrogens (tertiary/aromatic N) is 1. The smallest absolute Gasteiger partial charge is 0.0210 e. The van der Waals surface area contributed by atoms with E-state index in [0.29, 0.717) is 5.41 Å². The molecule has 0 radical (unpaired) electrons. The molecule has 1 heterocycles. The van der Waals surface area contributed by atoms with E-state index in [1.165, 1.54) is 58.0 Å². The quantitative estimate of drug-likeness (QED) is 0.672. The van der Waals surface area contributed by atoms with Gasteiger partial charge in [-0.3, -0.25) is 4.90 Å². The summed E-state index contributed by atoms with van der Waals surface area (Å²) in [6.07, 6.45) is 9.71. The third kappa shape index (κ3) is 4.75. The molecule has 1 saturated carbocycles. The van der Waals surface area contributed by atoms with Crippen LogP contribution in [0.2, 0.25) is 0 Å². The summed E-state index contributed by atoms with van der Waals surface area (Å²) < 4.78 is 0. The lowest BCUT2D eigenvalue weighted by Crippen LogP contribution is -2.39. The second-order valence-corrected chi connectivity index (χ2v) is 7.71. The molecule has 1 aliphatic carbocycles. The van der Waals surface area contributed by atoms with Crippen LogP contribution in [0.15, 0.2) is 0 Å². The van der Waals surface area contributed by atoms with Gasteiger partial charge in [0, 0.05) is 31.2 Å². The van der Waals surface area contributed by atoms with Gasteiger partial charge in [-0.1, -0.05) is 40.0 Å². The normalized spacial score (nSPS) is 29.1. The fourth-order valence-corrected chi connectivity index (χ4v) is 3.48. The van der Waals surface area contributed by atoms with Crippen molar-refractivity contribution in [3.8, 4) is 0 Å². The SMILES string of the molecule is CCCCCC(C)(C)CNC1CC(C)N(C2CC2)C1. The topological polar surface area (TPSA) is 15.3 Å². The Labute approximate surface area is 120 Å².